The fraction of sp³-hybridized carbons (Fsp3) is 0.448. The lowest BCUT2D eigenvalue weighted by molar-refractivity contribution is -0.126. The summed E-state index contributed by atoms with van der Waals surface area (Å²) in [5, 5.41) is 10.6. The van der Waals surface area contributed by atoms with Gasteiger partial charge in [-0.3, -0.25) is 9.59 Å². The average molecular weight is 503 g/mol. The molecule has 3 aromatic rings. The van der Waals surface area contributed by atoms with Gasteiger partial charge in [0.2, 0.25) is 17.8 Å². The Kier molecular flexibility index (Phi) is 7.95. The predicted molar refractivity (Wildman–Crippen MR) is 150 cm³/mol. The van der Waals surface area contributed by atoms with Gasteiger partial charge in [-0.15, -0.1) is 0 Å². The van der Waals surface area contributed by atoms with E-state index in [1.807, 2.05) is 88.3 Å². The molecule has 0 unspecified atom stereocenters. The number of aromatic nitrogens is 2. The molecule has 8 nitrogen and oxygen atoms in total. The number of para-hydroxylation sites is 1. The summed E-state index contributed by atoms with van der Waals surface area (Å²) in [7, 11) is 3.97. The summed E-state index contributed by atoms with van der Waals surface area (Å²) in [6.45, 7) is 6.08. The van der Waals surface area contributed by atoms with Gasteiger partial charge in [0.1, 0.15) is 5.82 Å². The van der Waals surface area contributed by atoms with Gasteiger partial charge in [-0.05, 0) is 55.5 Å². The summed E-state index contributed by atoms with van der Waals surface area (Å²) in [5.74, 6) is 1.57. The zero-order valence-electron chi connectivity index (χ0n) is 22.5. The standard InChI is InChI=1S/C29H38N6O2/c1-29(2,3)27(37)31-22-10-8-9-19(17-22)18-30-26(36)20-13-15-21(16-14-20)32-28-33-24-12-7-6-11-23(24)25(34-28)35(4)5/h6-12,17,20-21H,13-16,18H2,1-5H3,(H,30,36)(H,31,37)(H,32,33,34). The third-order valence-corrected chi connectivity index (χ3v) is 6.77. The maximum Gasteiger partial charge on any atom is 0.229 e. The zero-order chi connectivity index (χ0) is 26.6. The number of hydrogen-bond donors (Lipinski definition) is 3. The minimum atomic E-state index is -0.465. The first-order chi connectivity index (χ1) is 17.6. The molecule has 0 atom stereocenters. The molecule has 1 aliphatic carbocycles. The van der Waals surface area contributed by atoms with E-state index in [4.69, 9.17) is 9.97 Å². The highest BCUT2D eigenvalue weighted by molar-refractivity contribution is 5.94. The molecule has 1 heterocycles. The SMILES string of the molecule is CN(C)c1nc(NC2CCC(C(=O)NCc3cccc(NC(=O)C(C)(C)C)c3)CC2)nc2ccccc12. The van der Waals surface area contributed by atoms with Crippen LogP contribution in [0.5, 0.6) is 0 Å². The fourth-order valence-corrected chi connectivity index (χ4v) is 4.56. The summed E-state index contributed by atoms with van der Waals surface area (Å²) in [6, 6.07) is 15.9. The van der Waals surface area contributed by atoms with Crippen molar-refractivity contribution >= 4 is 40.2 Å². The lowest BCUT2D eigenvalue weighted by atomic mass is 9.85. The van der Waals surface area contributed by atoms with Crippen LogP contribution in [0.25, 0.3) is 10.9 Å². The van der Waals surface area contributed by atoms with E-state index in [1.165, 1.54) is 0 Å². The zero-order valence-corrected chi connectivity index (χ0v) is 22.5. The van der Waals surface area contributed by atoms with E-state index in [0.29, 0.717) is 12.5 Å². The number of anilines is 3. The molecule has 1 fully saturated rings. The van der Waals surface area contributed by atoms with E-state index in [-0.39, 0.29) is 23.8 Å². The van der Waals surface area contributed by atoms with Crippen molar-refractivity contribution in [2.75, 3.05) is 29.6 Å². The Labute approximate surface area is 219 Å². The van der Waals surface area contributed by atoms with Gasteiger partial charge in [0.15, 0.2) is 0 Å². The van der Waals surface area contributed by atoms with Crippen molar-refractivity contribution in [2.24, 2.45) is 11.3 Å². The van der Waals surface area contributed by atoms with E-state index in [9.17, 15) is 9.59 Å². The Morgan fingerprint density at radius 1 is 0.973 bits per heavy atom. The van der Waals surface area contributed by atoms with Crippen LogP contribution in [0, 0.1) is 11.3 Å². The van der Waals surface area contributed by atoms with Gasteiger partial charge in [-0.1, -0.05) is 45.0 Å². The molecule has 3 N–H and O–H groups in total. The van der Waals surface area contributed by atoms with Crippen LogP contribution in [-0.4, -0.2) is 41.9 Å². The molecule has 0 radical (unpaired) electrons. The van der Waals surface area contributed by atoms with Gasteiger partial charge in [-0.25, -0.2) is 4.98 Å². The van der Waals surface area contributed by atoms with Crippen molar-refractivity contribution in [1.29, 1.82) is 0 Å². The van der Waals surface area contributed by atoms with Crippen LogP contribution >= 0.6 is 0 Å². The molecule has 37 heavy (non-hydrogen) atoms. The predicted octanol–water partition coefficient (Wildman–Crippen LogP) is 4.97. The third-order valence-electron chi connectivity index (χ3n) is 6.77. The van der Waals surface area contributed by atoms with Crippen molar-refractivity contribution in [3.63, 3.8) is 0 Å². The summed E-state index contributed by atoms with van der Waals surface area (Å²) < 4.78 is 0. The molecule has 1 aromatic heterocycles. The molecule has 4 rings (SSSR count). The molecule has 0 spiro atoms. The van der Waals surface area contributed by atoms with Crippen LogP contribution in [-0.2, 0) is 16.1 Å². The second-order valence-corrected chi connectivity index (χ2v) is 11.1. The molecule has 1 aliphatic rings. The van der Waals surface area contributed by atoms with Crippen LogP contribution in [0.1, 0.15) is 52.0 Å². The second kappa shape index (κ2) is 11.2. The number of nitrogens with zero attached hydrogens (tertiary/aromatic N) is 3. The number of carbonyl (C=O) groups is 2. The van der Waals surface area contributed by atoms with Crippen molar-refractivity contribution in [1.82, 2.24) is 15.3 Å². The molecule has 2 aromatic carbocycles. The van der Waals surface area contributed by atoms with Crippen molar-refractivity contribution in [3.8, 4) is 0 Å². The van der Waals surface area contributed by atoms with Gasteiger partial charge < -0.3 is 20.9 Å². The van der Waals surface area contributed by atoms with Gasteiger partial charge in [0.05, 0.1) is 5.52 Å². The van der Waals surface area contributed by atoms with Crippen LogP contribution in [0.4, 0.5) is 17.5 Å². The number of nitrogens with one attached hydrogen (secondary N) is 3. The second-order valence-electron chi connectivity index (χ2n) is 11.1. The van der Waals surface area contributed by atoms with E-state index in [2.05, 4.69) is 16.0 Å². The van der Waals surface area contributed by atoms with Crippen LogP contribution < -0.4 is 20.9 Å². The topological polar surface area (TPSA) is 99.3 Å². The highest BCUT2D eigenvalue weighted by atomic mass is 16.2. The lowest BCUT2D eigenvalue weighted by Gasteiger charge is -2.28. The Bertz CT molecular complexity index is 1260. The number of fused-ring (bicyclic) bond motifs is 1. The highest BCUT2D eigenvalue weighted by Gasteiger charge is 2.27. The summed E-state index contributed by atoms with van der Waals surface area (Å²) in [4.78, 5) is 36.6. The maximum atomic E-state index is 12.9. The minimum Gasteiger partial charge on any atom is -0.362 e. The highest BCUT2D eigenvalue weighted by Crippen LogP contribution is 2.28. The van der Waals surface area contributed by atoms with E-state index in [1.54, 1.807) is 0 Å². The minimum absolute atomic E-state index is 0.00307. The van der Waals surface area contributed by atoms with E-state index >= 15 is 0 Å². The quantitative estimate of drug-likeness (QED) is 0.422. The third kappa shape index (κ3) is 6.76. The fourth-order valence-electron chi connectivity index (χ4n) is 4.56. The summed E-state index contributed by atoms with van der Waals surface area (Å²) in [5.41, 5.74) is 2.15. The number of benzene rings is 2. The van der Waals surface area contributed by atoms with Crippen LogP contribution in [0.15, 0.2) is 48.5 Å². The maximum absolute atomic E-state index is 12.9. The largest absolute Gasteiger partial charge is 0.362 e. The van der Waals surface area contributed by atoms with Crippen molar-refractivity contribution in [3.05, 3.63) is 54.1 Å². The van der Waals surface area contributed by atoms with Gasteiger partial charge >= 0.3 is 0 Å². The Hall–Kier alpha value is -3.68. The number of amides is 2. The van der Waals surface area contributed by atoms with Gasteiger partial charge in [-0.2, -0.15) is 4.98 Å². The summed E-state index contributed by atoms with van der Waals surface area (Å²) >= 11 is 0. The smallest absolute Gasteiger partial charge is 0.229 e. The van der Waals surface area contributed by atoms with E-state index < -0.39 is 5.41 Å². The first-order valence-electron chi connectivity index (χ1n) is 13.0. The molecule has 196 valence electrons. The average Bonchev–Trinajstić information content (AvgIpc) is 2.87. The Morgan fingerprint density at radius 2 is 1.70 bits per heavy atom. The molecule has 0 bridgehead atoms. The number of carbonyl (C=O) groups excluding carboxylic acids is 2. The number of rotatable bonds is 7. The van der Waals surface area contributed by atoms with Crippen molar-refractivity contribution < 1.29 is 9.59 Å². The first-order valence-corrected chi connectivity index (χ1v) is 13.0. The van der Waals surface area contributed by atoms with E-state index in [0.717, 1.165) is 53.7 Å². The molecule has 2 amide bonds. The number of hydrogen-bond acceptors (Lipinski definition) is 6. The normalized spacial score (nSPS) is 17.8. The molecule has 1 saturated carbocycles. The van der Waals surface area contributed by atoms with Crippen molar-refractivity contribution in [2.45, 2.75) is 59.0 Å². The molecular formula is C29H38N6O2. The molecule has 8 heteroatoms. The lowest BCUT2D eigenvalue weighted by Crippen LogP contribution is -2.36. The molecular weight excluding hydrogens is 464 g/mol. The first kappa shape index (κ1) is 26.4. The van der Waals surface area contributed by atoms with Gasteiger partial charge in [0.25, 0.3) is 0 Å². The molecule has 0 saturated heterocycles. The van der Waals surface area contributed by atoms with Gasteiger partial charge in [0, 0.05) is 49.1 Å². The van der Waals surface area contributed by atoms with Crippen LogP contribution in [0.2, 0.25) is 0 Å². The monoisotopic (exact) mass is 502 g/mol. The Morgan fingerprint density at radius 3 is 2.41 bits per heavy atom. The Balaban J connectivity index is 1.29. The van der Waals surface area contributed by atoms with Crippen LogP contribution in [0.3, 0.4) is 0 Å². The molecule has 0 aliphatic heterocycles. The summed E-state index contributed by atoms with van der Waals surface area (Å²) in [6.07, 6.45) is 3.42.